The Kier molecular flexibility index (Phi) is 5.58. The lowest BCUT2D eigenvalue weighted by atomic mass is 9.98. The summed E-state index contributed by atoms with van der Waals surface area (Å²) in [5.74, 6) is 6.01. The van der Waals surface area contributed by atoms with Gasteiger partial charge in [-0.25, -0.2) is 4.39 Å². The van der Waals surface area contributed by atoms with Crippen molar-refractivity contribution in [3.05, 3.63) is 62.8 Å². The van der Waals surface area contributed by atoms with Gasteiger partial charge in [-0.05, 0) is 36.2 Å². The monoisotopic (exact) mass is 372 g/mol. The summed E-state index contributed by atoms with van der Waals surface area (Å²) in [6.45, 7) is 0. The molecule has 0 aliphatic rings. The molecule has 6 heteroatoms. The minimum absolute atomic E-state index is 0.198. The molecule has 0 fully saturated rings. The van der Waals surface area contributed by atoms with E-state index in [1.165, 1.54) is 12.1 Å². The molecule has 0 aliphatic heterocycles. The molecule has 0 heterocycles. The third-order valence-electron chi connectivity index (χ3n) is 3.21. The molecule has 0 amide bonds. The summed E-state index contributed by atoms with van der Waals surface area (Å²) >= 11 is 9.47. The van der Waals surface area contributed by atoms with Crippen molar-refractivity contribution in [3.8, 4) is 5.75 Å². The van der Waals surface area contributed by atoms with Gasteiger partial charge in [0, 0.05) is 15.1 Å². The highest BCUT2D eigenvalue weighted by Crippen LogP contribution is 2.31. The maximum atomic E-state index is 13.1. The van der Waals surface area contributed by atoms with Crippen LogP contribution < -0.4 is 16.0 Å². The summed E-state index contributed by atoms with van der Waals surface area (Å²) < 4.78 is 19.4. The van der Waals surface area contributed by atoms with Crippen molar-refractivity contribution in [2.45, 2.75) is 12.5 Å². The summed E-state index contributed by atoms with van der Waals surface area (Å²) in [5.41, 5.74) is 4.47. The molecule has 0 saturated carbocycles. The number of benzene rings is 2. The first-order valence-electron chi connectivity index (χ1n) is 6.28. The predicted octanol–water partition coefficient (Wildman–Crippen LogP) is 4.00. The second-order valence-electron chi connectivity index (χ2n) is 4.55. The van der Waals surface area contributed by atoms with Crippen LogP contribution in [0.4, 0.5) is 4.39 Å². The van der Waals surface area contributed by atoms with Crippen LogP contribution >= 0.6 is 27.5 Å². The SMILES string of the molecule is COc1cc(Br)ccc1C(Cc1ccc(F)cc1Cl)NN. The summed E-state index contributed by atoms with van der Waals surface area (Å²) in [7, 11) is 1.60. The normalized spacial score (nSPS) is 12.2. The Labute approximate surface area is 136 Å². The summed E-state index contributed by atoms with van der Waals surface area (Å²) in [6.07, 6.45) is 0.521. The molecule has 0 saturated heterocycles. The van der Waals surface area contributed by atoms with Crippen LogP contribution in [-0.2, 0) is 6.42 Å². The molecular formula is C15H15BrClFN2O. The van der Waals surface area contributed by atoms with Gasteiger partial charge >= 0.3 is 0 Å². The minimum Gasteiger partial charge on any atom is -0.496 e. The average Bonchev–Trinajstić information content (AvgIpc) is 2.47. The van der Waals surface area contributed by atoms with Crippen molar-refractivity contribution in [1.29, 1.82) is 0 Å². The Bertz CT molecular complexity index is 639. The van der Waals surface area contributed by atoms with Gasteiger partial charge in [-0.3, -0.25) is 11.3 Å². The predicted molar refractivity (Wildman–Crippen MR) is 85.9 cm³/mol. The number of nitrogens with two attached hydrogens (primary N) is 1. The van der Waals surface area contributed by atoms with Crippen molar-refractivity contribution in [3.63, 3.8) is 0 Å². The van der Waals surface area contributed by atoms with E-state index in [1.54, 1.807) is 13.2 Å². The molecule has 1 atom stereocenters. The number of rotatable bonds is 5. The molecule has 2 rings (SSSR count). The van der Waals surface area contributed by atoms with Crippen molar-refractivity contribution in [2.24, 2.45) is 5.84 Å². The zero-order valence-electron chi connectivity index (χ0n) is 11.4. The van der Waals surface area contributed by atoms with Gasteiger partial charge in [0.25, 0.3) is 0 Å². The molecule has 21 heavy (non-hydrogen) atoms. The zero-order chi connectivity index (χ0) is 15.4. The molecular weight excluding hydrogens is 359 g/mol. The van der Waals surface area contributed by atoms with Gasteiger partial charge in [0.1, 0.15) is 11.6 Å². The number of ether oxygens (including phenoxy) is 1. The molecule has 0 bridgehead atoms. The van der Waals surface area contributed by atoms with E-state index in [-0.39, 0.29) is 11.9 Å². The fraction of sp³-hybridized carbons (Fsp3) is 0.200. The number of hydrogen-bond donors (Lipinski definition) is 2. The van der Waals surface area contributed by atoms with E-state index in [9.17, 15) is 4.39 Å². The van der Waals surface area contributed by atoms with Crippen molar-refractivity contribution in [2.75, 3.05) is 7.11 Å². The van der Waals surface area contributed by atoms with Crippen molar-refractivity contribution >= 4 is 27.5 Å². The van der Waals surface area contributed by atoms with Crippen LogP contribution in [0.25, 0.3) is 0 Å². The Balaban J connectivity index is 2.32. The molecule has 1 unspecified atom stereocenters. The first kappa shape index (κ1) is 16.2. The van der Waals surface area contributed by atoms with Crippen molar-refractivity contribution in [1.82, 2.24) is 5.43 Å². The highest BCUT2D eigenvalue weighted by Gasteiger charge is 2.17. The molecule has 2 aromatic carbocycles. The van der Waals surface area contributed by atoms with E-state index in [1.807, 2.05) is 18.2 Å². The largest absolute Gasteiger partial charge is 0.496 e. The lowest BCUT2D eigenvalue weighted by Gasteiger charge is -2.20. The van der Waals surface area contributed by atoms with E-state index in [4.69, 9.17) is 22.2 Å². The fourth-order valence-electron chi connectivity index (χ4n) is 2.14. The van der Waals surface area contributed by atoms with E-state index < -0.39 is 0 Å². The molecule has 2 aromatic rings. The van der Waals surface area contributed by atoms with Gasteiger partial charge in [-0.15, -0.1) is 0 Å². The Morgan fingerprint density at radius 2 is 2.10 bits per heavy atom. The molecule has 0 radical (unpaired) electrons. The first-order chi connectivity index (χ1) is 10.0. The van der Waals surface area contributed by atoms with Crippen LogP contribution in [0.3, 0.4) is 0 Å². The highest BCUT2D eigenvalue weighted by molar-refractivity contribution is 9.10. The second kappa shape index (κ2) is 7.22. The van der Waals surface area contributed by atoms with Crippen LogP contribution in [0.5, 0.6) is 5.75 Å². The van der Waals surface area contributed by atoms with Crippen LogP contribution in [0.2, 0.25) is 5.02 Å². The summed E-state index contributed by atoms with van der Waals surface area (Å²) in [5, 5.41) is 0.381. The smallest absolute Gasteiger partial charge is 0.124 e. The summed E-state index contributed by atoms with van der Waals surface area (Å²) in [6, 6.07) is 9.84. The van der Waals surface area contributed by atoms with Gasteiger partial charge in [-0.1, -0.05) is 39.7 Å². The quantitative estimate of drug-likeness (QED) is 0.615. The van der Waals surface area contributed by atoms with Crippen LogP contribution in [0.1, 0.15) is 17.2 Å². The van der Waals surface area contributed by atoms with Gasteiger partial charge < -0.3 is 4.74 Å². The fourth-order valence-corrected chi connectivity index (χ4v) is 2.72. The Morgan fingerprint density at radius 3 is 2.71 bits per heavy atom. The van der Waals surface area contributed by atoms with Crippen molar-refractivity contribution < 1.29 is 9.13 Å². The second-order valence-corrected chi connectivity index (χ2v) is 5.87. The van der Waals surface area contributed by atoms with E-state index in [0.717, 1.165) is 15.6 Å². The summed E-state index contributed by atoms with van der Waals surface area (Å²) in [4.78, 5) is 0. The third kappa shape index (κ3) is 3.95. The average molecular weight is 374 g/mol. The highest BCUT2D eigenvalue weighted by atomic mass is 79.9. The third-order valence-corrected chi connectivity index (χ3v) is 4.06. The number of halogens is 3. The van der Waals surface area contributed by atoms with Gasteiger partial charge in [0.15, 0.2) is 0 Å². The molecule has 112 valence electrons. The van der Waals surface area contributed by atoms with Gasteiger partial charge in [0.05, 0.1) is 13.2 Å². The maximum absolute atomic E-state index is 13.1. The first-order valence-corrected chi connectivity index (χ1v) is 7.45. The van der Waals surface area contributed by atoms with E-state index in [0.29, 0.717) is 17.2 Å². The van der Waals surface area contributed by atoms with Gasteiger partial charge in [-0.2, -0.15) is 0 Å². The number of hydrogen-bond acceptors (Lipinski definition) is 3. The molecule has 3 N–H and O–H groups in total. The van der Waals surface area contributed by atoms with Crippen LogP contribution in [-0.4, -0.2) is 7.11 Å². The van der Waals surface area contributed by atoms with E-state index >= 15 is 0 Å². The minimum atomic E-state index is -0.359. The number of hydrazine groups is 1. The Morgan fingerprint density at radius 1 is 1.33 bits per heavy atom. The number of methoxy groups -OCH3 is 1. The maximum Gasteiger partial charge on any atom is 0.124 e. The number of nitrogens with one attached hydrogen (secondary N) is 1. The lowest BCUT2D eigenvalue weighted by Crippen LogP contribution is -2.30. The molecule has 0 aliphatic carbocycles. The zero-order valence-corrected chi connectivity index (χ0v) is 13.7. The standard InChI is InChI=1S/C15H15BrClFN2O/c1-21-15-7-10(16)3-5-12(15)14(20-19)6-9-2-4-11(18)8-13(9)17/h2-5,7-8,14,20H,6,19H2,1H3. The van der Waals surface area contributed by atoms with E-state index in [2.05, 4.69) is 21.4 Å². The Hall–Kier alpha value is -1.14. The lowest BCUT2D eigenvalue weighted by molar-refractivity contribution is 0.398. The molecule has 0 aromatic heterocycles. The molecule has 0 spiro atoms. The van der Waals surface area contributed by atoms with Crippen LogP contribution in [0, 0.1) is 5.82 Å². The van der Waals surface area contributed by atoms with Gasteiger partial charge in [0.2, 0.25) is 0 Å². The topological polar surface area (TPSA) is 47.3 Å². The molecule has 3 nitrogen and oxygen atoms in total. The van der Waals surface area contributed by atoms with Crippen LogP contribution in [0.15, 0.2) is 40.9 Å².